The number of aromatic nitrogens is 2. The van der Waals surface area contributed by atoms with Crippen LogP contribution < -0.4 is 5.32 Å². The van der Waals surface area contributed by atoms with Gasteiger partial charge in [0.1, 0.15) is 0 Å². The van der Waals surface area contributed by atoms with Crippen LogP contribution in [-0.2, 0) is 23.8 Å². The first-order valence-corrected chi connectivity index (χ1v) is 10.5. The highest BCUT2D eigenvalue weighted by Crippen LogP contribution is 2.41. The third kappa shape index (κ3) is 4.76. The predicted molar refractivity (Wildman–Crippen MR) is 121 cm³/mol. The average Bonchev–Trinajstić information content (AvgIpc) is 3.28. The number of carbonyl (C=O) groups is 3. The van der Waals surface area contributed by atoms with Crippen LogP contribution in [0.25, 0.3) is 5.69 Å². The van der Waals surface area contributed by atoms with Gasteiger partial charge in [-0.15, -0.1) is 0 Å². The summed E-state index contributed by atoms with van der Waals surface area (Å²) < 4.78 is 16.4. The number of benzene rings is 1. The minimum atomic E-state index is -1.07. The summed E-state index contributed by atoms with van der Waals surface area (Å²) in [6.07, 6.45) is 1.46. The number of methoxy groups -OCH3 is 2. The summed E-state index contributed by atoms with van der Waals surface area (Å²) >= 11 is 0. The van der Waals surface area contributed by atoms with E-state index >= 15 is 0 Å². The van der Waals surface area contributed by atoms with Crippen molar-refractivity contribution in [2.45, 2.75) is 26.7 Å². The number of carbonyl (C=O) groups excluding carboxylic acids is 3. The lowest BCUT2D eigenvalue weighted by Crippen LogP contribution is -2.32. The van der Waals surface area contributed by atoms with Crippen LogP contribution in [0.15, 0.2) is 53.0 Å². The first-order valence-electron chi connectivity index (χ1n) is 10.5. The Morgan fingerprint density at radius 3 is 2.11 bits per heavy atom. The fourth-order valence-electron chi connectivity index (χ4n) is 3.88. The zero-order chi connectivity index (χ0) is 25.9. The Hall–Kier alpha value is -4.48. The van der Waals surface area contributed by atoms with Crippen molar-refractivity contribution in [1.29, 1.82) is 0 Å². The van der Waals surface area contributed by atoms with Crippen LogP contribution in [0, 0.1) is 10.1 Å². The number of ether oxygens (including phenoxy) is 3. The summed E-state index contributed by atoms with van der Waals surface area (Å²) in [7, 11) is 2.38. The third-order valence-electron chi connectivity index (χ3n) is 5.42. The normalized spacial score (nSPS) is 15.4. The summed E-state index contributed by atoms with van der Waals surface area (Å²) in [4.78, 5) is 49.0. The lowest BCUT2D eigenvalue weighted by molar-refractivity contribution is -0.384. The number of nitrogens with one attached hydrogen (secondary N) is 1. The first kappa shape index (κ1) is 25.1. The average molecular weight is 484 g/mol. The molecular weight excluding hydrogens is 460 g/mol. The number of nitro benzene ring substituents is 1. The van der Waals surface area contributed by atoms with E-state index in [9.17, 15) is 24.5 Å². The standard InChI is InChI=1S/C23H24N4O8/c1-6-35-22(29)18-13(3)24-12(2)17(21(28)33-4)19(18)16-11-26(25-20(16)23(30)34-5)14-7-9-15(10-8-14)27(31)32/h7-11,19,24H,6H2,1-5H3. The summed E-state index contributed by atoms with van der Waals surface area (Å²) in [6.45, 7) is 5.02. The number of nitro groups is 1. The van der Waals surface area contributed by atoms with Crippen molar-refractivity contribution >= 4 is 23.6 Å². The van der Waals surface area contributed by atoms with Crippen LogP contribution in [-0.4, -0.2) is 53.4 Å². The molecule has 0 aliphatic carbocycles. The van der Waals surface area contributed by atoms with Gasteiger partial charge in [-0.2, -0.15) is 5.10 Å². The van der Waals surface area contributed by atoms with Gasteiger partial charge in [0.15, 0.2) is 5.69 Å². The lowest BCUT2D eigenvalue weighted by Gasteiger charge is -2.29. The van der Waals surface area contributed by atoms with Crippen molar-refractivity contribution < 1.29 is 33.5 Å². The fourth-order valence-corrected chi connectivity index (χ4v) is 3.88. The monoisotopic (exact) mass is 484 g/mol. The number of allylic oxidation sites excluding steroid dienone is 2. The summed E-state index contributed by atoms with van der Waals surface area (Å²) in [5.41, 5.74) is 1.37. The molecule has 1 aromatic carbocycles. The minimum absolute atomic E-state index is 0.0878. The van der Waals surface area contributed by atoms with Gasteiger partial charge in [-0.3, -0.25) is 10.1 Å². The molecule has 3 rings (SSSR count). The zero-order valence-electron chi connectivity index (χ0n) is 19.8. The van der Waals surface area contributed by atoms with Crippen LogP contribution in [0.3, 0.4) is 0 Å². The van der Waals surface area contributed by atoms with E-state index < -0.39 is 28.7 Å². The van der Waals surface area contributed by atoms with E-state index in [2.05, 4.69) is 10.4 Å². The molecule has 12 nitrogen and oxygen atoms in total. The van der Waals surface area contributed by atoms with Gasteiger partial charge in [0, 0.05) is 35.3 Å². The van der Waals surface area contributed by atoms with Gasteiger partial charge in [-0.1, -0.05) is 0 Å². The van der Waals surface area contributed by atoms with Gasteiger partial charge in [0.05, 0.1) is 48.5 Å². The molecule has 1 aliphatic rings. The number of hydrogen-bond donors (Lipinski definition) is 1. The molecule has 1 atom stereocenters. The van der Waals surface area contributed by atoms with Crippen molar-refractivity contribution in [2.24, 2.45) is 0 Å². The second kappa shape index (κ2) is 10.2. The van der Waals surface area contributed by atoms with Crippen molar-refractivity contribution in [3.63, 3.8) is 0 Å². The van der Waals surface area contributed by atoms with E-state index in [0.717, 1.165) is 0 Å². The maximum atomic E-state index is 13.0. The Kier molecular flexibility index (Phi) is 7.33. The van der Waals surface area contributed by atoms with E-state index in [1.807, 2.05) is 0 Å². The van der Waals surface area contributed by atoms with Gasteiger partial charge in [-0.05, 0) is 32.9 Å². The van der Waals surface area contributed by atoms with Gasteiger partial charge in [0.25, 0.3) is 5.69 Å². The summed E-state index contributed by atoms with van der Waals surface area (Å²) in [5, 5.41) is 18.3. The second-order valence-corrected chi connectivity index (χ2v) is 7.49. The molecule has 0 radical (unpaired) electrons. The largest absolute Gasteiger partial charge is 0.466 e. The molecular formula is C23H24N4O8. The van der Waals surface area contributed by atoms with Crippen LogP contribution in [0.1, 0.15) is 42.7 Å². The lowest BCUT2D eigenvalue weighted by atomic mass is 9.80. The molecule has 2 heterocycles. The van der Waals surface area contributed by atoms with Crippen molar-refractivity contribution in [1.82, 2.24) is 15.1 Å². The summed E-state index contributed by atoms with van der Waals surface area (Å²) in [6, 6.07) is 5.48. The van der Waals surface area contributed by atoms with Crippen LogP contribution >= 0.6 is 0 Å². The number of nitrogens with zero attached hydrogens (tertiary/aromatic N) is 3. The topological polar surface area (TPSA) is 152 Å². The molecule has 1 aromatic heterocycles. The molecule has 1 unspecified atom stereocenters. The number of hydrogen-bond acceptors (Lipinski definition) is 10. The third-order valence-corrected chi connectivity index (χ3v) is 5.42. The first-order chi connectivity index (χ1) is 16.6. The maximum absolute atomic E-state index is 13.0. The minimum Gasteiger partial charge on any atom is -0.466 e. The molecule has 184 valence electrons. The molecule has 1 N–H and O–H groups in total. The van der Waals surface area contributed by atoms with E-state index in [1.165, 1.54) is 49.4 Å². The van der Waals surface area contributed by atoms with E-state index in [4.69, 9.17) is 14.2 Å². The van der Waals surface area contributed by atoms with Gasteiger partial charge in [-0.25, -0.2) is 19.1 Å². The molecule has 0 bridgehead atoms. The molecule has 12 heteroatoms. The SMILES string of the molecule is CCOC(=O)C1=C(C)NC(C)=C(C(=O)OC)C1c1cn(-c2ccc([N+](=O)[O-])cc2)nc1C(=O)OC. The Balaban J connectivity index is 2.28. The fraction of sp³-hybridized carbons (Fsp3) is 0.304. The Bertz CT molecular complexity index is 1260. The molecule has 0 saturated carbocycles. The number of rotatable bonds is 7. The molecule has 2 aromatic rings. The number of esters is 3. The van der Waals surface area contributed by atoms with Crippen molar-refractivity contribution in [3.05, 3.63) is 74.4 Å². The van der Waals surface area contributed by atoms with E-state index in [-0.39, 0.29) is 34.7 Å². The van der Waals surface area contributed by atoms with Gasteiger partial charge in [0.2, 0.25) is 0 Å². The Labute approximate surface area is 200 Å². The van der Waals surface area contributed by atoms with Crippen LogP contribution in [0.2, 0.25) is 0 Å². The van der Waals surface area contributed by atoms with Crippen LogP contribution in [0.5, 0.6) is 0 Å². The van der Waals surface area contributed by atoms with Gasteiger partial charge >= 0.3 is 17.9 Å². The van der Waals surface area contributed by atoms with Crippen molar-refractivity contribution in [3.8, 4) is 5.69 Å². The molecule has 35 heavy (non-hydrogen) atoms. The highest BCUT2D eigenvalue weighted by atomic mass is 16.6. The quantitative estimate of drug-likeness (QED) is 0.268. The van der Waals surface area contributed by atoms with Gasteiger partial charge < -0.3 is 19.5 Å². The highest BCUT2D eigenvalue weighted by Gasteiger charge is 2.41. The Morgan fingerprint density at radius 1 is 1.03 bits per heavy atom. The van der Waals surface area contributed by atoms with Crippen LogP contribution in [0.4, 0.5) is 5.69 Å². The molecule has 0 spiro atoms. The maximum Gasteiger partial charge on any atom is 0.358 e. The molecule has 0 amide bonds. The summed E-state index contributed by atoms with van der Waals surface area (Å²) in [5.74, 6) is -3.27. The number of dihydropyridines is 1. The molecule has 0 saturated heterocycles. The molecule has 1 aliphatic heterocycles. The predicted octanol–water partition coefficient (Wildman–Crippen LogP) is 2.54. The second-order valence-electron chi connectivity index (χ2n) is 7.49. The smallest absolute Gasteiger partial charge is 0.358 e. The number of non-ortho nitro benzene ring substituents is 1. The highest BCUT2D eigenvalue weighted by molar-refractivity contribution is 6.01. The van der Waals surface area contributed by atoms with Crippen molar-refractivity contribution in [2.75, 3.05) is 20.8 Å². The zero-order valence-corrected chi connectivity index (χ0v) is 19.8. The van der Waals surface area contributed by atoms with E-state index in [0.29, 0.717) is 17.1 Å². The van der Waals surface area contributed by atoms with E-state index in [1.54, 1.807) is 20.8 Å². The Morgan fingerprint density at radius 2 is 1.60 bits per heavy atom. The molecule has 0 fully saturated rings.